The number of aromatic nitrogens is 1. The van der Waals surface area contributed by atoms with Crippen molar-refractivity contribution in [1.82, 2.24) is 10.4 Å². The topological polar surface area (TPSA) is 105 Å². The lowest BCUT2D eigenvalue weighted by Gasteiger charge is -2.12. The van der Waals surface area contributed by atoms with Gasteiger partial charge < -0.3 is 9.52 Å². The Labute approximate surface area is 125 Å². The fourth-order valence-corrected chi connectivity index (χ4v) is 2.32. The third-order valence-corrected chi connectivity index (χ3v) is 3.38. The number of nitrogens with one attached hydrogen (secondary N) is 1. The number of carbonyl (C=O) groups excluding carboxylic acids is 1. The van der Waals surface area contributed by atoms with Gasteiger partial charge in [0.05, 0.1) is 5.71 Å². The number of pyridine rings is 1. The lowest BCUT2D eigenvalue weighted by Crippen LogP contribution is -2.21. The van der Waals surface area contributed by atoms with Gasteiger partial charge in [0, 0.05) is 36.0 Å². The number of aryl methyl sites for hydroxylation is 1. The molecular formula is C15H13N3O4. The van der Waals surface area contributed by atoms with Gasteiger partial charge in [-0.2, -0.15) is 5.10 Å². The van der Waals surface area contributed by atoms with Gasteiger partial charge in [-0.3, -0.25) is 9.78 Å². The first-order chi connectivity index (χ1) is 10.6. The summed E-state index contributed by atoms with van der Waals surface area (Å²) in [4.78, 5) is 26.8. The van der Waals surface area contributed by atoms with Gasteiger partial charge in [0.25, 0.3) is 5.91 Å². The summed E-state index contributed by atoms with van der Waals surface area (Å²) < 4.78 is 5.29. The van der Waals surface area contributed by atoms with E-state index in [0.717, 1.165) is 6.42 Å². The van der Waals surface area contributed by atoms with E-state index < -0.39 is 5.97 Å². The molecule has 7 nitrogen and oxygen atoms in total. The van der Waals surface area contributed by atoms with Crippen molar-refractivity contribution in [2.45, 2.75) is 19.3 Å². The fourth-order valence-electron chi connectivity index (χ4n) is 2.32. The van der Waals surface area contributed by atoms with E-state index in [0.29, 0.717) is 35.4 Å². The van der Waals surface area contributed by atoms with Gasteiger partial charge in [-0.15, -0.1) is 0 Å². The molecule has 3 rings (SSSR count). The van der Waals surface area contributed by atoms with E-state index in [4.69, 9.17) is 9.52 Å². The number of fused-ring (bicyclic) bond motifs is 1. The van der Waals surface area contributed by atoms with Crippen LogP contribution < -0.4 is 5.43 Å². The molecular weight excluding hydrogens is 286 g/mol. The molecule has 2 aromatic heterocycles. The number of amides is 1. The highest BCUT2D eigenvalue weighted by molar-refractivity contribution is 6.04. The number of hydrogen-bond donors (Lipinski definition) is 2. The number of carboxylic acid groups (broad SMARTS) is 1. The number of aromatic carboxylic acids is 1. The highest BCUT2D eigenvalue weighted by Gasteiger charge is 2.23. The molecule has 22 heavy (non-hydrogen) atoms. The molecule has 2 heterocycles. The first kappa shape index (κ1) is 14.0. The third-order valence-electron chi connectivity index (χ3n) is 3.38. The maximum atomic E-state index is 11.9. The molecule has 1 aliphatic rings. The second kappa shape index (κ2) is 5.80. The number of hydrogen-bond acceptors (Lipinski definition) is 5. The first-order valence-corrected chi connectivity index (χ1v) is 6.78. The Morgan fingerprint density at radius 2 is 2.05 bits per heavy atom. The van der Waals surface area contributed by atoms with Crippen LogP contribution in [0.15, 0.2) is 40.1 Å². The summed E-state index contributed by atoms with van der Waals surface area (Å²) in [7, 11) is 0. The number of hydrazone groups is 1. The van der Waals surface area contributed by atoms with Crippen LogP contribution in [0.4, 0.5) is 0 Å². The highest BCUT2D eigenvalue weighted by Crippen LogP contribution is 2.25. The van der Waals surface area contributed by atoms with Crippen molar-refractivity contribution >= 4 is 17.6 Å². The predicted molar refractivity (Wildman–Crippen MR) is 76.8 cm³/mol. The largest absolute Gasteiger partial charge is 0.475 e. The molecule has 7 heteroatoms. The van der Waals surface area contributed by atoms with Gasteiger partial charge in [0.1, 0.15) is 5.76 Å². The summed E-state index contributed by atoms with van der Waals surface area (Å²) in [5.41, 5.74) is 4.21. The quantitative estimate of drug-likeness (QED) is 0.841. The molecule has 0 saturated heterocycles. The van der Waals surface area contributed by atoms with Gasteiger partial charge in [-0.1, -0.05) is 0 Å². The second-order valence-electron chi connectivity index (χ2n) is 4.84. The molecule has 2 N–H and O–H groups in total. The van der Waals surface area contributed by atoms with E-state index >= 15 is 0 Å². The zero-order chi connectivity index (χ0) is 15.5. The van der Waals surface area contributed by atoms with Gasteiger partial charge in [0.15, 0.2) is 0 Å². The Kier molecular flexibility index (Phi) is 3.69. The lowest BCUT2D eigenvalue weighted by molar-refractivity contribution is 0.0660. The summed E-state index contributed by atoms with van der Waals surface area (Å²) in [6.45, 7) is 0. The molecule has 1 amide bonds. The molecule has 0 aromatic carbocycles. The molecule has 0 saturated carbocycles. The van der Waals surface area contributed by atoms with E-state index in [1.54, 1.807) is 12.1 Å². The van der Waals surface area contributed by atoms with Crippen molar-refractivity contribution < 1.29 is 19.1 Å². The fraction of sp³-hybridized carbons (Fsp3) is 0.200. The van der Waals surface area contributed by atoms with Gasteiger partial charge in [-0.05, 0) is 25.0 Å². The average Bonchev–Trinajstić information content (AvgIpc) is 2.98. The van der Waals surface area contributed by atoms with Crippen molar-refractivity contribution in [3.8, 4) is 0 Å². The standard InChI is InChI=1S/C15H13N3O4/c19-14(9-4-6-16-7-5-9)18-17-11-2-1-3-12-10(11)8-13(22-12)15(20)21/h4-8H,1-3H2,(H,18,19)(H,20,21)/b17-11-. The Balaban J connectivity index is 1.82. The Morgan fingerprint density at radius 1 is 1.27 bits per heavy atom. The van der Waals surface area contributed by atoms with Crippen molar-refractivity contribution in [2.24, 2.45) is 5.10 Å². The molecule has 0 unspecified atom stereocenters. The molecule has 0 fully saturated rings. The van der Waals surface area contributed by atoms with E-state index in [1.807, 2.05) is 0 Å². The minimum Gasteiger partial charge on any atom is -0.475 e. The minimum atomic E-state index is -1.12. The monoisotopic (exact) mass is 299 g/mol. The normalized spacial score (nSPS) is 15.4. The average molecular weight is 299 g/mol. The van der Waals surface area contributed by atoms with E-state index in [2.05, 4.69) is 15.5 Å². The molecule has 0 atom stereocenters. The van der Waals surface area contributed by atoms with Crippen LogP contribution in [0.25, 0.3) is 0 Å². The van der Waals surface area contributed by atoms with Crippen molar-refractivity contribution in [3.63, 3.8) is 0 Å². The SMILES string of the molecule is O=C(N/N=C1/CCCc2oc(C(=O)O)cc21)c1ccncc1. The Bertz CT molecular complexity index is 749. The van der Waals surface area contributed by atoms with Crippen LogP contribution in [-0.2, 0) is 6.42 Å². The van der Waals surface area contributed by atoms with Crippen molar-refractivity contribution in [3.05, 3.63) is 53.2 Å². The summed E-state index contributed by atoms with van der Waals surface area (Å²) >= 11 is 0. The van der Waals surface area contributed by atoms with Crippen molar-refractivity contribution in [1.29, 1.82) is 0 Å². The molecule has 0 spiro atoms. The van der Waals surface area contributed by atoms with Gasteiger partial charge >= 0.3 is 5.97 Å². The lowest BCUT2D eigenvalue weighted by atomic mass is 9.96. The van der Waals surface area contributed by atoms with Crippen LogP contribution in [0.5, 0.6) is 0 Å². The third kappa shape index (κ3) is 2.73. The van der Waals surface area contributed by atoms with Crippen LogP contribution in [0.2, 0.25) is 0 Å². The highest BCUT2D eigenvalue weighted by atomic mass is 16.4. The molecule has 0 radical (unpaired) electrons. The Morgan fingerprint density at radius 3 is 2.77 bits per heavy atom. The summed E-state index contributed by atoms with van der Waals surface area (Å²) in [5, 5.41) is 13.1. The molecule has 2 aromatic rings. The van der Waals surface area contributed by atoms with E-state index in [9.17, 15) is 9.59 Å². The maximum absolute atomic E-state index is 11.9. The number of carboxylic acids is 1. The van der Waals surface area contributed by atoms with Crippen molar-refractivity contribution in [2.75, 3.05) is 0 Å². The number of rotatable bonds is 3. The predicted octanol–water partition coefficient (Wildman–Crippen LogP) is 1.84. The second-order valence-corrected chi connectivity index (χ2v) is 4.84. The molecule has 0 bridgehead atoms. The van der Waals surface area contributed by atoms with Gasteiger partial charge in [0.2, 0.25) is 5.76 Å². The number of furan rings is 1. The van der Waals surface area contributed by atoms with Crippen LogP contribution in [-0.4, -0.2) is 27.7 Å². The zero-order valence-corrected chi connectivity index (χ0v) is 11.6. The molecule has 0 aliphatic heterocycles. The smallest absolute Gasteiger partial charge is 0.371 e. The maximum Gasteiger partial charge on any atom is 0.371 e. The Hall–Kier alpha value is -2.96. The number of carbonyl (C=O) groups is 2. The van der Waals surface area contributed by atoms with Crippen LogP contribution in [0.1, 0.15) is 45.1 Å². The molecule has 112 valence electrons. The minimum absolute atomic E-state index is 0.111. The number of nitrogens with zero attached hydrogens (tertiary/aromatic N) is 2. The summed E-state index contributed by atoms with van der Waals surface area (Å²) in [5.74, 6) is -0.973. The van der Waals surface area contributed by atoms with E-state index in [1.165, 1.54) is 18.5 Å². The van der Waals surface area contributed by atoms with E-state index in [-0.39, 0.29) is 11.7 Å². The van der Waals surface area contributed by atoms with Crippen LogP contribution >= 0.6 is 0 Å². The van der Waals surface area contributed by atoms with Crippen LogP contribution in [0, 0.1) is 0 Å². The first-order valence-electron chi connectivity index (χ1n) is 6.78. The summed E-state index contributed by atoms with van der Waals surface area (Å²) in [6, 6.07) is 4.62. The molecule has 1 aliphatic carbocycles. The van der Waals surface area contributed by atoms with Crippen LogP contribution in [0.3, 0.4) is 0 Å². The van der Waals surface area contributed by atoms with Gasteiger partial charge in [-0.25, -0.2) is 10.2 Å². The zero-order valence-electron chi connectivity index (χ0n) is 11.6. The summed E-state index contributed by atoms with van der Waals surface area (Å²) in [6.07, 6.45) is 5.16.